The SMILES string of the molecule is O=C(Cc1ccccc1)N1CCCC(CO)C1. The van der Waals surface area contributed by atoms with E-state index in [-0.39, 0.29) is 18.4 Å². The normalized spacial score (nSPS) is 20.3. The van der Waals surface area contributed by atoms with Gasteiger partial charge in [-0.1, -0.05) is 30.3 Å². The van der Waals surface area contributed by atoms with Crippen molar-refractivity contribution < 1.29 is 9.90 Å². The van der Waals surface area contributed by atoms with Gasteiger partial charge in [0.1, 0.15) is 0 Å². The Bertz CT molecular complexity index is 364. The van der Waals surface area contributed by atoms with Crippen molar-refractivity contribution in [1.82, 2.24) is 4.90 Å². The van der Waals surface area contributed by atoms with Crippen LogP contribution in [0.3, 0.4) is 0 Å². The molecular formula is C14H19NO2. The lowest BCUT2D eigenvalue weighted by molar-refractivity contribution is -0.132. The van der Waals surface area contributed by atoms with Crippen LogP contribution in [-0.2, 0) is 11.2 Å². The predicted molar refractivity (Wildman–Crippen MR) is 66.5 cm³/mol. The fourth-order valence-corrected chi connectivity index (χ4v) is 2.32. The van der Waals surface area contributed by atoms with Crippen LogP contribution >= 0.6 is 0 Å². The van der Waals surface area contributed by atoms with Crippen molar-refractivity contribution >= 4 is 5.91 Å². The molecule has 1 aromatic rings. The Morgan fingerprint density at radius 3 is 2.82 bits per heavy atom. The van der Waals surface area contributed by atoms with E-state index in [1.165, 1.54) is 0 Å². The smallest absolute Gasteiger partial charge is 0.226 e. The minimum atomic E-state index is 0.175. The van der Waals surface area contributed by atoms with Crippen LogP contribution in [0.1, 0.15) is 18.4 Å². The van der Waals surface area contributed by atoms with Crippen LogP contribution in [0.4, 0.5) is 0 Å². The van der Waals surface area contributed by atoms with Gasteiger partial charge in [0, 0.05) is 19.7 Å². The summed E-state index contributed by atoms with van der Waals surface area (Å²) in [6.45, 7) is 1.74. The third-order valence-electron chi connectivity index (χ3n) is 3.33. The van der Waals surface area contributed by atoms with Crippen LogP contribution in [0.15, 0.2) is 30.3 Å². The number of aliphatic hydroxyl groups excluding tert-OH is 1. The number of likely N-dealkylation sites (tertiary alicyclic amines) is 1. The van der Waals surface area contributed by atoms with Gasteiger partial charge in [-0.3, -0.25) is 4.79 Å². The molecule has 0 spiro atoms. The molecule has 2 rings (SSSR count). The van der Waals surface area contributed by atoms with Gasteiger partial charge in [-0.25, -0.2) is 0 Å². The van der Waals surface area contributed by atoms with Crippen molar-refractivity contribution in [2.45, 2.75) is 19.3 Å². The third kappa shape index (κ3) is 3.30. The molecule has 0 bridgehead atoms. The molecule has 0 aliphatic carbocycles. The van der Waals surface area contributed by atoms with Crippen molar-refractivity contribution in [2.24, 2.45) is 5.92 Å². The highest BCUT2D eigenvalue weighted by Crippen LogP contribution is 2.16. The van der Waals surface area contributed by atoms with Crippen LogP contribution in [0.5, 0.6) is 0 Å². The number of hydrogen-bond donors (Lipinski definition) is 1. The van der Waals surface area contributed by atoms with E-state index in [0.717, 1.165) is 24.9 Å². The summed E-state index contributed by atoms with van der Waals surface area (Å²) in [7, 11) is 0. The number of hydrogen-bond acceptors (Lipinski definition) is 2. The van der Waals surface area contributed by atoms with Crippen LogP contribution in [0.2, 0.25) is 0 Å². The molecule has 3 heteroatoms. The molecule has 1 aliphatic heterocycles. The van der Waals surface area contributed by atoms with Gasteiger partial charge < -0.3 is 10.0 Å². The van der Waals surface area contributed by atoms with E-state index in [1.54, 1.807) is 0 Å². The molecule has 1 unspecified atom stereocenters. The summed E-state index contributed by atoms with van der Waals surface area (Å²) in [6.07, 6.45) is 2.51. The average Bonchev–Trinajstić information content (AvgIpc) is 2.40. The summed E-state index contributed by atoms with van der Waals surface area (Å²) in [5, 5.41) is 9.14. The molecule has 92 valence electrons. The molecule has 0 saturated carbocycles. The molecule has 1 aromatic carbocycles. The minimum Gasteiger partial charge on any atom is -0.396 e. The van der Waals surface area contributed by atoms with Crippen molar-refractivity contribution in [3.63, 3.8) is 0 Å². The van der Waals surface area contributed by atoms with Gasteiger partial charge in [0.15, 0.2) is 0 Å². The second kappa shape index (κ2) is 5.82. The second-order valence-electron chi connectivity index (χ2n) is 4.69. The zero-order valence-electron chi connectivity index (χ0n) is 10.0. The van der Waals surface area contributed by atoms with E-state index in [4.69, 9.17) is 5.11 Å². The second-order valence-corrected chi connectivity index (χ2v) is 4.69. The van der Waals surface area contributed by atoms with Crippen molar-refractivity contribution in [1.29, 1.82) is 0 Å². The van der Waals surface area contributed by atoms with Gasteiger partial charge in [-0.2, -0.15) is 0 Å². The molecular weight excluding hydrogens is 214 g/mol. The lowest BCUT2D eigenvalue weighted by Gasteiger charge is -2.32. The highest BCUT2D eigenvalue weighted by atomic mass is 16.3. The largest absolute Gasteiger partial charge is 0.396 e. The number of aliphatic hydroxyl groups is 1. The highest BCUT2D eigenvalue weighted by Gasteiger charge is 2.22. The number of carbonyl (C=O) groups excluding carboxylic acids is 1. The topological polar surface area (TPSA) is 40.5 Å². The van der Waals surface area contributed by atoms with E-state index in [1.807, 2.05) is 35.2 Å². The van der Waals surface area contributed by atoms with Gasteiger partial charge in [0.25, 0.3) is 0 Å². The van der Waals surface area contributed by atoms with Crippen LogP contribution in [0.25, 0.3) is 0 Å². The molecule has 0 aromatic heterocycles. The number of amides is 1. The first-order valence-corrected chi connectivity index (χ1v) is 6.22. The monoisotopic (exact) mass is 233 g/mol. The van der Waals surface area contributed by atoms with Gasteiger partial charge >= 0.3 is 0 Å². The van der Waals surface area contributed by atoms with Crippen molar-refractivity contribution in [3.8, 4) is 0 Å². The zero-order valence-corrected chi connectivity index (χ0v) is 10.0. The summed E-state index contributed by atoms with van der Waals surface area (Å²) in [6, 6.07) is 9.82. The molecule has 17 heavy (non-hydrogen) atoms. The summed E-state index contributed by atoms with van der Waals surface area (Å²) < 4.78 is 0. The first kappa shape index (κ1) is 12.1. The third-order valence-corrected chi connectivity index (χ3v) is 3.33. The summed E-state index contributed by atoms with van der Waals surface area (Å²) in [5.41, 5.74) is 1.06. The number of carbonyl (C=O) groups is 1. The molecule has 1 saturated heterocycles. The highest BCUT2D eigenvalue weighted by molar-refractivity contribution is 5.78. The van der Waals surface area contributed by atoms with Gasteiger partial charge in [0.2, 0.25) is 5.91 Å². The zero-order chi connectivity index (χ0) is 12.1. The molecule has 1 aliphatic rings. The molecule has 1 fully saturated rings. The summed E-state index contributed by atoms with van der Waals surface area (Å²) >= 11 is 0. The molecule has 1 amide bonds. The number of nitrogens with zero attached hydrogens (tertiary/aromatic N) is 1. The Hall–Kier alpha value is -1.35. The summed E-state index contributed by atoms with van der Waals surface area (Å²) in [5.74, 6) is 0.442. The molecule has 1 atom stereocenters. The van der Waals surface area contributed by atoms with Gasteiger partial charge in [-0.15, -0.1) is 0 Å². The van der Waals surface area contributed by atoms with Gasteiger partial charge in [0.05, 0.1) is 6.42 Å². The fraction of sp³-hybridized carbons (Fsp3) is 0.500. The minimum absolute atomic E-state index is 0.175. The van der Waals surface area contributed by atoms with E-state index < -0.39 is 0 Å². The molecule has 0 radical (unpaired) electrons. The fourth-order valence-electron chi connectivity index (χ4n) is 2.32. The molecule has 1 N–H and O–H groups in total. The summed E-state index contributed by atoms with van der Waals surface area (Å²) in [4.78, 5) is 14.0. The Labute approximate surface area is 102 Å². The van der Waals surface area contributed by atoms with Crippen LogP contribution in [0, 0.1) is 5.92 Å². The first-order valence-electron chi connectivity index (χ1n) is 6.22. The maximum absolute atomic E-state index is 12.1. The Balaban J connectivity index is 1.91. The van der Waals surface area contributed by atoms with Crippen molar-refractivity contribution in [2.75, 3.05) is 19.7 Å². The maximum Gasteiger partial charge on any atom is 0.226 e. The number of piperidine rings is 1. The van der Waals surface area contributed by atoms with E-state index in [0.29, 0.717) is 13.0 Å². The van der Waals surface area contributed by atoms with Crippen LogP contribution < -0.4 is 0 Å². The Morgan fingerprint density at radius 1 is 1.35 bits per heavy atom. The predicted octanol–water partition coefficient (Wildman–Crippen LogP) is 1.46. The quantitative estimate of drug-likeness (QED) is 0.858. The van der Waals surface area contributed by atoms with Gasteiger partial charge in [-0.05, 0) is 24.3 Å². The lowest BCUT2D eigenvalue weighted by Crippen LogP contribution is -2.41. The maximum atomic E-state index is 12.1. The first-order chi connectivity index (χ1) is 8.29. The standard InChI is InChI=1S/C14H19NO2/c16-11-13-7-4-8-15(10-13)14(17)9-12-5-2-1-3-6-12/h1-3,5-6,13,16H,4,7-11H2. The van der Waals surface area contributed by atoms with E-state index >= 15 is 0 Å². The Kier molecular flexibility index (Phi) is 4.15. The van der Waals surface area contributed by atoms with Crippen LogP contribution in [-0.4, -0.2) is 35.6 Å². The average molecular weight is 233 g/mol. The molecule has 1 heterocycles. The van der Waals surface area contributed by atoms with E-state index in [2.05, 4.69) is 0 Å². The molecule has 3 nitrogen and oxygen atoms in total. The lowest BCUT2D eigenvalue weighted by atomic mass is 9.98. The van der Waals surface area contributed by atoms with Crippen molar-refractivity contribution in [3.05, 3.63) is 35.9 Å². The Morgan fingerprint density at radius 2 is 2.12 bits per heavy atom. The number of benzene rings is 1. The number of rotatable bonds is 3. The van der Waals surface area contributed by atoms with E-state index in [9.17, 15) is 4.79 Å².